The van der Waals surface area contributed by atoms with Crippen molar-refractivity contribution in [2.45, 2.75) is 65.4 Å². The molecular weight excluding hydrogens is 388 g/mol. The molecule has 0 bridgehead atoms. The summed E-state index contributed by atoms with van der Waals surface area (Å²) < 4.78 is 11.3. The Morgan fingerprint density at radius 1 is 1.37 bits per heavy atom. The largest absolute Gasteiger partial charge is 0.461 e. The molecular formula is C20H32N6O4. The summed E-state index contributed by atoms with van der Waals surface area (Å²) in [5.74, 6) is 0.224. The van der Waals surface area contributed by atoms with Crippen LogP contribution in [0.5, 0.6) is 0 Å². The van der Waals surface area contributed by atoms with Crippen molar-refractivity contribution in [3.05, 3.63) is 39.7 Å². The number of amidine groups is 2. The number of nitrogens with two attached hydrogens (primary N) is 1. The third-order valence-electron chi connectivity index (χ3n) is 4.67. The first-order valence-corrected chi connectivity index (χ1v) is 10.3. The van der Waals surface area contributed by atoms with Gasteiger partial charge in [0, 0.05) is 36.5 Å². The minimum absolute atomic E-state index is 0.0833. The van der Waals surface area contributed by atoms with Gasteiger partial charge in [-0.2, -0.15) is 4.99 Å². The lowest BCUT2D eigenvalue weighted by molar-refractivity contribution is -0.507. The highest BCUT2D eigenvalue weighted by molar-refractivity contribution is 5.98. The van der Waals surface area contributed by atoms with Crippen LogP contribution in [0, 0.1) is 17.0 Å². The molecule has 0 saturated heterocycles. The van der Waals surface area contributed by atoms with E-state index in [0.29, 0.717) is 26.3 Å². The van der Waals surface area contributed by atoms with Crippen molar-refractivity contribution in [2.24, 2.45) is 15.7 Å². The number of hydrogen-bond donors (Lipinski definition) is 1. The molecule has 2 N–H and O–H groups in total. The van der Waals surface area contributed by atoms with E-state index in [1.54, 1.807) is 11.1 Å². The smallest absolute Gasteiger partial charge is 0.315 e. The first-order valence-electron chi connectivity index (χ1n) is 10.3. The average molecular weight is 421 g/mol. The maximum atomic E-state index is 11.8. The topological polar surface area (TPSA) is 128 Å². The van der Waals surface area contributed by atoms with E-state index >= 15 is 0 Å². The van der Waals surface area contributed by atoms with Crippen LogP contribution in [-0.4, -0.2) is 64.7 Å². The van der Waals surface area contributed by atoms with E-state index in [1.807, 2.05) is 32.9 Å². The molecule has 0 aliphatic carbocycles. The Bertz CT molecular complexity index is 752. The Morgan fingerprint density at radius 2 is 2.13 bits per heavy atom. The first-order chi connectivity index (χ1) is 14.3. The highest BCUT2D eigenvalue weighted by Gasteiger charge is 2.41. The fraction of sp³-hybridized carbons (Fsp3) is 0.650. The number of aliphatic imine (C=N–C) groups is 2. The summed E-state index contributed by atoms with van der Waals surface area (Å²) in [6, 6.07) is 2.66. The summed E-state index contributed by atoms with van der Waals surface area (Å²) >= 11 is 0. The Balaban J connectivity index is 2.34. The Morgan fingerprint density at radius 3 is 2.73 bits per heavy atom. The first kappa shape index (κ1) is 23.7. The van der Waals surface area contributed by atoms with Crippen LogP contribution in [0.4, 0.5) is 0 Å². The molecule has 2 unspecified atom stereocenters. The SMILES string of the molecule is CCC[C@H](C)OC1=NC(N)C([N+](=O)[O-])C(N(CCOCC)Cc2ccc(C)nc2)=N1. The number of pyridine rings is 1. The molecule has 1 aliphatic heterocycles. The van der Waals surface area contributed by atoms with Crippen molar-refractivity contribution in [1.82, 2.24) is 9.88 Å². The van der Waals surface area contributed by atoms with Crippen LogP contribution in [0.3, 0.4) is 0 Å². The second kappa shape index (κ2) is 11.6. The number of nitro groups is 1. The van der Waals surface area contributed by atoms with Crippen molar-refractivity contribution in [2.75, 3.05) is 19.8 Å². The lowest BCUT2D eigenvalue weighted by Gasteiger charge is -2.31. The maximum absolute atomic E-state index is 11.8. The summed E-state index contributed by atoms with van der Waals surface area (Å²) in [5, 5.41) is 11.8. The van der Waals surface area contributed by atoms with Gasteiger partial charge in [-0.1, -0.05) is 19.4 Å². The van der Waals surface area contributed by atoms with Crippen molar-refractivity contribution < 1.29 is 14.4 Å². The third-order valence-corrected chi connectivity index (χ3v) is 4.67. The van der Waals surface area contributed by atoms with Crippen LogP contribution in [-0.2, 0) is 16.0 Å². The molecule has 0 fully saturated rings. The van der Waals surface area contributed by atoms with Crippen molar-refractivity contribution in [1.29, 1.82) is 0 Å². The molecule has 0 aromatic carbocycles. The van der Waals surface area contributed by atoms with E-state index < -0.39 is 17.1 Å². The van der Waals surface area contributed by atoms with Crippen molar-refractivity contribution >= 4 is 11.9 Å². The fourth-order valence-corrected chi connectivity index (χ4v) is 3.13. The van der Waals surface area contributed by atoms with E-state index in [4.69, 9.17) is 15.2 Å². The molecule has 1 aromatic rings. The van der Waals surface area contributed by atoms with Gasteiger partial charge in [-0.25, -0.2) is 4.99 Å². The van der Waals surface area contributed by atoms with E-state index in [-0.39, 0.29) is 18.0 Å². The Labute approximate surface area is 177 Å². The van der Waals surface area contributed by atoms with Crippen LogP contribution in [0.25, 0.3) is 0 Å². The van der Waals surface area contributed by atoms with Gasteiger partial charge in [0.25, 0.3) is 0 Å². The number of nitrogens with zero attached hydrogens (tertiary/aromatic N) is 5. The van der Waals surface area contributed by atoms with E-state index in [2.05, 4.69) is 21.9 Å². The number of aryl methyl sites for hydroxylation is 1. The van der Waals surface area contributed by atoms with Gasteiger partial charge in [-0.05, 0) is 38.8 Å². The fourth-order valence-electron chi connectivity index (χ4n) is 3.13. The maximum Gasteiger partial charge on any atom is 0.315 e. The van der Waals surface area contributed by atoms with E-state index in [9.17, 15) is 10.1 Å². The molecule has 10 heteroatoms. The van der Waals surface area contributed by atoms with Gasteiger partial charge in [-0.15, -0.1) is 0 Å². The normalized spacial score (nSPS) is 19.6. The second-order valence-electron chi connectivity index (χ2n) is 7.25. The van der Waals surface area contributed by atoms with Crippen LogP contribution in [0.15, 0.2) is 28.3 Å². The second-order valence-corrected chi connectivity index (χ2v) is 7.25. The van der Waals surface area contributed by atoms with Gasteiger partial charge in [0.15, 0.2) is 12.0 Å². The quantitative estimate of drug-likeness (QED) is 0.349. The zero-order chi connectivity index (χ0) is 22.1. The number of hydrogen-bond acceptors (Lipinski definition) is 9. The Kier molecular flexibility index (Phi) is 9.13. The van der Waals surface area contributed by atoms with Crippen LogP contribution < -0.4 is 5.73 Å². The molecule has 10 nitrogen and oxygen atoms in total. The molecule has 1 aliphatic rings. The van der Waals surface area contributed by atoms with Gasteiger partial charge in [0.05, 0.1) is 12.7 Å². The average Bonchev–Trinajstić information content (AvgIpc) is 2.68. The summed E-state index contributed by atoms with van der Waals surface area (Å²) in [5.41, 5.74) is 7.85. The highest BCUT2D eigenvalue weighted by atomic mass is 16.6. The standard InChI is InChI=1S/C20H32N6O4/c1-5-7-15(4)30-20-23-18(21)17(26(27)28)19(24-20)25(10-11-29-6-2)13-16-9-8-14(3)22-12-16/h8-9,12,15,17-18H,5-7,10-11,13,21H2,1-4H3/t15-,17?,18?/m0/s1. The molecule has 166 valence electrons. The predicted octanol–water partition coefficient (Wildman–Crippen LogP) is 2.13. The van der Waals surface area contributed by atoms with Crippen LogP contribution >= 0.6 is 0 Å². The monoisotopic (exact) mass is 420 g/mol. The summed E-state index contributed by atoms with van der Waals surface area (Å²) in [4.78, 5) is 26.0. The zero-order valence-electron chi connectivity index (χ0n) is 18.2. The van der Waals surface area contributed by atoms with Gasteiger partial charge < -0.3 is 20.1 Å². The predicted molar refractivity (Wildman–Crippen MR) is 115 cm³/mol. The number of rotatable bonds is 10. The van der Waals surface area contributed by atoms with Gasteiger partial charge in [0.2, 0.25) is 0 Å². The van der Waals surface area contributed by atoms with E-state index in [0.717, 1.165) is 24.1 Å². The molecule has 30 heavy (non-hydrogen) atoms. The molecule has 0 radical (unpaired) electrons. The molecule has 0 saturated carbocycles. The zero-order valence-corrected chi connectivity index (χ0v) is 18.2. The van der Waals surface area contributed by atoms with Gasteiger partial charge in [-0.3, -0.25) is 15.1 Å². The molecule has 1 aromatic heterocycles. The number of aromatic nitrogens is 1. The summed E-state index contributed by atoms with van der Waals surface area (Å²) in [6.07, 6.45) is 2.32. The van der Waals surface area contributed by atoms with Crippen molar-refractivity contribution in [3.63, 3.8) is 0 Å². The molecule has 0 amide bonds. The minimum atomic E-state index is -1.26. The molecule has 2 rings (SSSR count). The van der Waals surface area contributed by atoms with E-state index in [1.165, 1.54) is 0 Å². The summed E-state index contributed by atoms with van der Waals surface area (Å²) in [7, 11) is 0. The molecule has 3 atom stereocenters. The Hall–Kier alpha value is -2.59. The van der Waals surface area contributed by atoms with Crippen LogP contribution in [0.2, 0.25) is 0 Å². The third kappa shape index (κ3) is 6.74. The minimum Gasteiger partial charge on any atom is -0.461 e. The van der Waals surface area contributed by atoms with Gasteiger partial charge in [0.1, 0.15) is 0 Å². The molecule has 0 spiro atoms. The van der Waals surface area contributed by atoms with Crippen LogP contribution in [0.1, 0.15) is 44.9 Å². The lowest BCUT2D eigenvalue weighted by Crippen LogP contribution is -2.54. The lowest BCUT2D eigenvalue weighted by atomic mass is 10.1. The number of ether oxygens (including phenoxy) is 2. The van der Waals surface area contributed by atoms with Gasteiger partial charge >= 0.3 is 12.1 Å². The highest BCUT2D eigenvalue weighted by Crippen LogP contribution is 2.17. The van der Waals surface area contributed by atoms with Crippen molar-refractivity contribution in [3.8, 4) is 0 Å². The molecule has 2 heterocycles. The summed E-state index contributed by atoms with van der Waals surface area (Å²) in [6.45, 7) is 9.51.